The first-order valence-corrected chi connectivity index (χ1v) is 9.91. The number of carbonyl (C=O) groups excluding carboxylic acids is 1. The molecule has 0 radical (unpaired) electrons. The van der Waals surface area contributed by atoms with Crippen LogP contribution in [0.5, 0.6) is 11.5 Å². The third-order valence-electron chi connectivity index (χ3n) is 4.19. The van der Waals surface area contributed by atoms with Gasteiger partial charge in [0.1, 0.15) is 16.9 Å². The molecule has 0 aliphatic carbocycles. The molecule has 3 nitrogen and oxygen atoms in total. The molecule has 132 valence electrons. The van der Waals surface area contributed by atoms with Gasteiger partial charge in [-0.15, -0.1) is 23.4 Å². The summed E-state index contributed by atoms with van der Waals surface area (Å²) in [5.74, 6) is 2.93. The fourth-order valence-electron chi connectivity index (χ4n) is 2.76. The van der Waals surface area contributed by atoms with Gasteiger partial charge in [0.2, 0.25) is 5.91 Å². The zero-order valence-electron chi connectivity index (χ0n) is 14.4. The third kappa shape index (κ3) is 4.13. The van der Waals surface area contributed by atoms with Crippen LogP contribution in [0.4, 0.5) is 0 Å². The standard InChI is InChI=1S/C20H22ClNO2S/c1-20(2,14-21)19(23)22-11-12-25-18(22)15-7-6-10-17(13-15)24-16-8-4-3-5-9-16/h3-10,13,18H,11-12,14H2,1-2H3. The Balaban J connectivity index is 1.81. The van der Waals surface area contributed by atoms with Crippen molar-refractivity contribution in [3.8, 4) is 11.5 Å². The Morgan fingerprint density at radius 2 is 1.92 bits per heavy atom. The lowest BCUT2D eigenvalue weighted by Gasteiger charge is -2.31. The number of carbonyl (C=O) groups is 1. The van der Waals surface area contributed by atoms with Crippen molar-refractivity contribution in [3.63, 3.8) is 0 Å². The first kappa shape index (κ1) is 18.2. The van der Waals surface area contributed by atoms with E-state index in [2.05, 4.69) is 6.07 Å². The second kappa shape index (κ2) is 7.71. The fraction of sp³-hybridized carbons (Fsp3) is 0.350. The monoisotopic (exact) mass is 375 g/mol. The molecule has 1 heterocycles. The minimum atomic E-state index is -0.553. The van der Waals surface area contributed by atoms with Crippen molar-refractivity contribution in [2.75, 3.05) is 18.2 Å². The van der Waals surface area contributed by atoms with E-state index in [0.29, 0.717) is 5.88 Å². The second-order valence-electron chi connectivity index (χ2n) is 6.73. The van der Waals surface area contributed by atoms with Crippen LogP contribution in [-0.4, -0.2) is 29.0 Å². The van der Waals surface area contributed by atoms with E-state index in [1.165, 1.54) is 0 Å². The molecule has 2 aromatic rings. The Kier molecular flexibility index (Phi) is 5.60. The number of amides is 1. The maximum absolute atomic E-state index is 12.9. The summed E-state index contributed by atoms with van der Waals surface area (Å²) >= 11 is 7.78. The van der Waals surface area contributed by atoms with Gasteiger partial charge in [-0.1, -0.05) is 30.3 Å². The Hall–Kier alpha value is -1.65. The van der Waals surface area contributed by atoms with Gasteiger partial charge in [-0.2, -0.15) is 0 Å². The van der Waals surface area contributed by atoms with Gasteiger partial charge in [0.15, 0.2) is 0 Å². The number of hydrogen-bond donors (Lipinski definition) is 0. The Labute approximate surface area is 158 Å². The summed E-state index contributed by atoms with van der Waals surface area (Å²) in [6.45, 7) is 4.55. The van der Waals surface area contributed by atoms with E-state index in [4.69, 9.17) is 16.3 Å². The Bertz CT molecular complexity index is 735. The average Bonchev–Trinajstić information content (AvgIpc) is 3.11. The van der Waals surface area contributed by atoms with Crippen LogP contribution in [0.15, 0.2) is 54.6 Å². The lowest BCUT2D eigenvalue weighted by atomic mass is 9.94. The molecular weight excluding hydrogens is 354 g/mol. The van der Waals surface area contributed by atoms with Gasteiger partial charge in [0, 0.05) is 18.2 Å². The van der Waals surface area contributed by atoms with E-state index >= 15 is 0 Å². The molecule has 5 heteroatoms. The van der Waals surface area contributed by atoms with Gasteiger partial charge in [-0.3, -0.25) is 4.79 Å². The quantitative estimate of drug-likeness (QED) is 0.662. The first-order chi connectivity index (χ1) is 12.0. The van der Waals surface area contributed by atoms with Crippen LogP contribution in [0.1, 0.15) is 24.8 Å². The zero-order valence-corrected chi connectivity index (χ0v) is 16.0. The first-order valence-electron chi connectivity index (χ1n) is 8.33. The largest absolute Gasteiger partial charge is 0.457 e. The van der Waals surface area contributed by atoms with Crippen LogP contribution in [0.25, 0.3) is 0 Å². The van der Waals surface area contributed by atoms with Gasteiger partial charge in [0.05, 0.1) is 5.41 Å². The number of thioether (sulfide) groups is 1. The van der Waals surface area contributed by atoms with Crippen molar-refractivity contribution in [1.29, 1.82) is 0 Å². The molecule has 1 fully saturated rings. The molecule has 0 aromatic heterocycles. The summed E-state index contributed by atoms with van der Waals surface area (Å²) in [6, 6.07) is 17.7. The third-order valence-corrected chi connectivity index (χ3v) is 6.12. The Morgan fingerprint density at radius 3 is 2.64 bits per heavy atom. The number of ether oxygens (including phenoxy) is 1. The highest BCUT2D eigenvalue weighted by Crippen LogP contribution is 2.41. The van der Waals surface area contributed by atoms with E-state index in [1.54, 1.807) is 11.8 Å². The highest BCUT2D eigenvalue weighted by Gasteiger charge is 2.38. The molecule has 0 bridgehead atoms. The average molecular weight is 376 g/mol. The summed E-state index contributed by atoms with van der Waals surface area (Å²) < 4.78 is 5.93. The molecule has 3 rings (SSSR count). The van der Waals surface area contributed by atoms with Gasteiger partial charge < -0.3 is 9.64 Å². The second-order valence-corrected chi connectivity index (χ2v) is 8.18. The summed E-state index contributed by atoms with van der Waals surface area (Å²) in [6.07, 6.45) is 0. The molecule has 0 N–H and O–H groups in total. The molecule has 0 saturated carbocycles. The molecular formula is C20H22ClNO2S. The molecule has 1 aliphatic rings. The smallest absolute Gasteiger partial charge is 0.230 e. The molecule has 2 aromatic carbocycles. The highest BCUT2D eigenvalue weighted by molar-refractivity contribution is 7.99. The molecule has 0 spiro atoms. The van der Waals surface area contributed by atoms with E-state index < -0.39 is 5.41 Å². The topological polar surface area (TPSA) is 29.5 Å². The SMILES string of the molecule is CC(C)(CCl)C(=O)N1CCSC1c1cccc(Oc2ccccc2)c1. The van der Waals surface area contributed by atoms with E-state index in [-0.39, 0.29) is 11.3 Å². The fourth-order valence-corrected chi connectivity index (χ4v) is 4.12. The van der Waals surface area contributed by atoms with Crippen LogP contribution < -0.4 is 4.74 Å². The summed E-state index contributed by atoms with van der Waals surface area (Å²) in [4.78, 5) is 14.8. The number of para-hydroxylation sites is 1. The van der Waals surface area contributed by atoms with Crippen LogP contribution in [0.2, 0.25) is 0 Å². The van der Waals surface area contributed by atoms with Crippen LogP contribution in [-0.2, 0) is 4.79 Å². The number of benzene rings is 2. The number of hydrogen-bond acceptors (Lipinski definition) is 3. The lowest BCUT2D eigenvalue weighted by Crippen LogP contribution is -2.41. The van der Waals surface area contributed by atoms with Crippen LogP contribution in [0, 0.1) is 5.41 Å². The van der Waals surface area contributed by atoms with Crippen LogP contribution in [0.3, 0.4) is 0 Å². The molecule has 25 heavy (non-hydrogen) atoms. The Morgan fingerprint density at radius 1 is 1.20 bits per heavy atom. The van der Waals surface area contributed by atoms with E-state index in [0.717, 1.165) is 29.4 Å². The minimum absolute atomic E-state index is 0.00863. The lowest BCUT2D eigenvalue weighted by molar-refractivity contribution is -0.139. The van der Waals surface area contributed by atoms with Gasteiger partial charge in [-0.25, -0.2) is 0 Å². The van der Waals surface area contributed by atoms with Gasteiger partial charge >= 0.3 is 0 Å². The zero-order chi connectivity index (χ0) is 17.9. The van der Waals surface area contributed by atoms with E-state index in [9.17, 15) is 4.79 Å². The number of rotatable bonds is 5. The molecule has 1 unspecified atom stereocenters. The predicted octanol–water partition coefficient (Wildman–Crippen LogP) is 5.32. The molecule has 1 amide bonds. The van der Waals surface area contributed by atoms with Crippen molar-refractivity contribution in [2.45, 2.75) is 19.2 Å². The summed E-state index contributed by atoms with van der Waals surface area (Å²) in [7, 11) is 0. The maximum Gasteiger partial charge on any atom is 0.230 e. The van der Waals surface area contributed by atoms with Crippen LogP contribution >= 0.6 is 23.4 Å². The van der Waals surface area contributed by atoms with Crippen molar-refractivity contribution in [2.24, 2.45) is 5.41 Å². The summed E-state index contributed by atoms with van der Waals surface area (Å²) in [5.41, 5.74) is 0.526. The van der Waals surface area contributed by atoms with Crippen molar-refractivity contribution >= 4 is 29.3 Å². The summed E-state index contributed by atoms with van der Waals surface area (Å²) in [5, 5.41) is 0.00863. The molecule has 1 saturated heterocycles. The van der Waals surface area contributed by atoms with E-state index in [1.807, 2.05) is 67.3 Å². The normalized spacial score (nSPS) is 17.6. The molecule has 1 atom stereocenters. The van der Waals surface area contributed by atoms with Crippen molar-refractivity contribution < 1.29 is 9.53 Å². The maximum atomic E-state index is 12.9. The molecule has 1 aliphatic heterocycles. The van der Waals surface area contributed by atoms with Gasteiger partial charge in [0.25, 0.3) is 0 Å². The van der Waals surface area contributed by atoms with Gasteiger partial charge in [-0.05, 0) is 43.7 Å². The minimum Gasteiger partial charge on any atom is -0.457 e. The van der Waals surface area contributed by atoms with Crippen molar-refractivity contribution in [3.05, 3.63) is 60.2 Å². The highest BCUT2D eigenvalue weighted by atomic mass is 35.5. The van der Waals surface area contributed by atoms with Crippen molar-refractivity contribution in [1.82, 2.24) is 4.90 Å². The number of nitrogens with zero attached hydrogens (tertiary/aromatic N) is 1. The number of halogens is 1. The number of alkyl halides is 1. The predicted molar refractivity (Wildman–Crippen MR) is 104 cm³/mol.